The molecule has 6 heteroatoms. The molecule has 0 fully saturated rings. The molecule has 1 aromatic carbocycles. The molecular formula is C12H16F2N2O2. The second kappa shape index (κ2) is 7.03. The van der Waals surface area contributed by atoms with Crippen molar-refractivity contribution in [3.63, 3.8) is 0 Å². The van der Waals surface area contributed by atoms with Crippen LogP contribution in [0, 0.1) is 11.6 Å². The van der Waals surface area contributed by atoms with Gasteiger partial charge in [0.1, 0.15) is 17.7 Å². The number of methoxy groups -OCH3 is 1. The van der Waals surface area contributed by atoms with E-state index in [-0.39, 0.29) is 25.1 Å². The van der Waals surface area contributed by atoms with E-state index in [1.165, 1.54) is 25.3 Å². The SMILES string of the molecule is COCC(N)C(=O)NCCc1c(F)cccc1F. The lowest BCUT2D eigenvalue weighted by molar-refractivity contribution is -0.123. The van der Waals surface area contributed by atoms with E-state index in [0.29, 0.717) is 0 Å². The predicted molar refractivity (Wildman–Crippen MR) is 62.9 cm³/mol. The van der Waals surface area contributed by atoms with E-state index >= 15 is 0 Å². The highest BCUT2D eigenvalue weighted by atomic mass is 19.1. The zero-order chi connectivity index (χ0) is 13.5. The number of amides is 1. The highest BCUT2D eigenvalue weighted by Crippen LogP contribution is 2.11. The van der Waals surface area contributed by atoms with Crippen molar-refractivity contribution < 1.29 is 18.3 Å². The van der Waals surface area contributed by atoms with Gasteiger partial charge in [-0.25, -0.2) is 8.78 Å². The number of rotatable bonds is 6. The molecule has 1 atom stereocenters. The van der Waals surface area contributed by atoms with E-state index in [1.54, 1.807) is 0 Å². The molecule has 0 radical (unpaired) electrons. The minimum atomic E-state index is -0.777. The molecule has 1 amide bonds. The fourth-order valence-electron chi connectivity index (χ4n) is 1.47. The third-order valence-electron chi connectivity index (χ3n) is 2.42. The summed E-state index contributed by atoms with van der Waals surface area (Å²) >= 11 is 0. The Labute approximate surface area is 104 Å². The van der Waals surface area contributed by atoms with Gasteiger partial charge in [-0.3, -0.25) is 4.79 Å². The second-order valence-corrected chi connectivity index (χ2v) is 3.80. The summed E-state index contributed by atoms with van der Waals surface area (Å²) in [4.78, 5) is 11.4. The monoisotopic (exact) mass is 258 g/mol. The lowest BCUT2D eigenvalue weighted by Gasteiger charge is -2.11. The van der Waals surface area contributed by atoms with Gasteiger partial charge in [0.25, 0.3) is 0 Å². The van der Waals surface area contributed by atoms with Crippen molar-refractivity contribution >= 4 is 5.91 Å². The maximum Gasteiger partial charge on any atom is 0.239 e. The van der Waals surface area contributed by atoms with Gasteiger partial charge < -0.3 is 15.8 Å². The van der Waals surface area contributed by atoms with Gasteiger partial charge in [-0.15, -0.1) is 0 Å². The van der Waals surface area contributed by atoms with Crippen molar-refractivity contribution in [2.24, 2.45) is 5.73 Å². The molecule has 18 heavy (non-hydrogen) atoms. The van der Waals surface area contributed by atoms with Crippen molar-refractivity contribution in [2.45, 2.75) is 12.5 Å². The van der Waals surface area contributed by atoms with Crippen LogP contribution in [0.5, 0.6) is 0 Å². The Bertz CT molecular complexity index is 393. The summed E-state index contributed by atoms with van der Waals surface area (Å²) in [6, 6.07) is 2.87. The van der Waals surface area contributed by atoms with Crippen LogP contribution in [0.3, 0.4) is 0 Å². The zero-order valence-corrected chi connectivity index (χ0v) is 10.1. The molecule has 0 saturated carbocycles. The molecule has 0 aliphatic carbocycles. The summed E-state index contributed by atoms with van der Waals surface area (Å²) in [5.41, 5.74) is 5.44. The van der Waals surface area contributed by atoms with Gasteiger partial charge in [0, 0.05) is 19.2 Å². The maximum absolute atomic E-state index is 13.3. The van der Waals surface area contributed by atoms with Crippen LogP contribution in [0.25, 0.3) is 0 Å². The first-order valence-corrected chi connectivity index (χ1v) is 5.51. The number of carbonyl (C=O) groups is 1. The molecule has 4 nitrogen and oxygen atoms in total. The second-order valence-electron chi connectivity index (χ2n) is 3.80. The van der Waals surface area contributed by atoms with Gasteiger partial charge in [0.2, 0.25) is 5.91 Å². The lowest BCUT2D eigenvalue weighted by Crippen LogP contribution is -2.44. The molecule has 100 valence electrons. The molecule has 0 heterocycles. The van der Waals surface area contributed by atoms with Crippen LogP contribution in [-0.4, -0.2) is 32.2 Å². The summed E-state index contributed by atoms with van der Waals surface area (Å²) in [6.45, 7) is 0.216. The van der Waals surface area contributed by atoms with Crippen molar-refractivity contribution in [3.05, 3.63) is 35.4 Å². The van der Waals surface area contributed by atoms with Crippen LogP contribution >= 0.6 is 0 Å². The molecule has 1 unspecified atom stereocenters. The number of nitrogens with two attached hydrogens (primary N) is 1. The van der Waals surface area contributed by atoms with E-state index in [0.717, 1.165) is 0 Å². The number of benzene rings is 1. The van der Waals surface area contributed by atoms with Crippen LogP contribution in [-0.2, 0) is 16.0 Å². The minimum Gasteiger partial charge on any atom is -0.383 e. The largest absolute Gasteiger partial charge is 0.383 e. The topological polar surface area (TPSA) is 64.3 Å². The summed E-state index contributed by atoms with van der Waals surface area (Å²) in [6.07, 6.45) is 0.0734. The van der Waals surface area contributed by atoms with Gasteiger partial charge >= 0.3 is 0 Å². The first-order chi connectivity index (χ1) is 8.56. The molecule has 0 spiro atoms. The summed E-state index contributed by atoms with van der Waals surface area (Å²) < 4.78 is 31.2. The molecular weight excluding hydrogens is 242 g/mol. The molecule has 0 aliphatic heterocycles. The first kappa shape index (κ1) is 14.5. The maximum atomic E-state index is 13.3. The standard InChI is InChI=1S/C12H16F2N2O2/c1-18-7-11(15)12(17)16-6-5-8-9(13)3-2-4-10(8)14/h2-4,11H,5-7,15H2,1H3,(H,16,17). The van der Waals surface area contributed by atoms with Crippen LogP contribution in [0.1, 0.15) is 5.56 Å². The Morgan fingerprint density at radius 3 is 2.61 bits per heavy atom. The van der Waals surface area contributed by atoms with Crippen molar-refractivity contribution in [1.82, 2.24) is 5.32 Å². The number of carbonyl (C=O) groups excluding carboxylic acids is 1. The molecule has 0 saturated heterocycles. The molecule has 3 N–H and O–H groups in total. The average molecular weight is 258 g/mol. The fraction of sp³-hybridized carbons (Fsp3) is 0.417. The van der Waals surface area contributed by atoms with Crippen molar-refractivity contribution in [1.29, 1.82) is 0 Å². The minimum absolute atomic E-state index is 0.0434. The Morgan fingerprint density at radius 1 is 1.44 bits per heavy atom. The van der Waals surface area contributed by atoms with E-state index < -0.39 is 23.6 Å². The average Bonchev–Trinajstić information content (AvgIpc) is 2.33. The zero-order valence-electron chi connectivity index (χ0n) is 10.1. The molecule has 0 aromatic heterocycles. The van der Waals surface area contributed by atoms with Crippen LogP contribution < -0.4 is 11.1 Å². The molecule has 0 aliphatic rings. The highest BCUT2D eigenvalue weighted by Gasteiger charge is 2.13. The van der Waals surface area contributed by atoms with Gasteiger partial charge in [-0.1, -0.05) is 6.07 Å². The molecule has 0 bridgehead atoms. The van der Waals surface area contributed by atoms with E-state index in [9.17, 15) is 13.6 Å². The molecule has 1 aromatic rings. The Hall–Kier alpha value is -1.53. The van der Waals surface area contributed by atoms with Gasteiger partial charge in [-0.05, 0) is 18.6 Å². The van der Waals surface area contributed by atoms with Crippen LogP contribution in [0.4, 0.5) is 8.78 Å². The summed E-state index contributed by atoms with van der Waals surface area (Å²) in [7, 11) is 1.43. The number of ether oxygens (including phenoxy) is 1. The lowest BCUT2D eigenvalue weighted by atomic mass is 10.1. The van der Waals surface area contributed by atoms with Crippen LogP contribution in [0.15, 0.2) is 18.2 Å². The Balaban J connectivity index is 2.44. The number of hydrogen-bond donors (Lipinski definition) is 2. The normalized spacial score (nSPS) is 12.2. The van der Waals surface area contributed by atoms with E-state index in [2.05, 4.69) is 5.32 Å². The third kappa shape index (κ3) is 4.05. The third-order valence-corrected chi connectivity index (χ3v) is 2.42. The van der Waals surface area contributed by atoms with Gasteiger partial charge in [0.05, 0.1) is 6.61 Å². The van der Waals surface area contributed by atoms with Crippen LogP contribution in [0.2, 0.25) is 0 Å². The van der Waals surface area contributed by atoms with Crippen molar-refractivity contribution in [2.75, 3.05) is 20.3 Å². The number of nitrogens with one attached hydrogen (secondary N) is 1. The summed E-state index contributed by atoms with van der Waals surface area (Å²) in [5, 5.41) is 2.49. The number of hydrogen-bond acceptors (Lipinski definition) is 3. The summed E-state index contributed by atoms with van der Waals surface area (Å²) in [5.74, 6) is -1.65. The van der Waals surface area contributed by atoms with Crippen molar-refractivity contribution in [3.8, 4) is 0 Å². The van der Waals surface area contributed by atoms with E-state index in [4.69, 9.17) is 10.5 Å². The van der Waals surface area contributed by atoms with Gasteiger partial charge in [-0.2, -0.15) is 0 Å². The van der Waals surface area contributed by atoms with E-state index in [1.807, 2.05) is 0 Å². The molecule has 1 rings (SSSR count). The fourth-order valence-corrected chi connectivity index (χ4v) is 1.47. The quantitative estimate of drug-likeness (QED) is 0.785. The smallest absolute Gasteiger partial charge is 0.239 e. The Morgan fingerprint density at radius 2 is 2.06 bits per heavy atom. The first-order valence-electron chi connectivity index (χ1n) is 5.51. The predicted octanol–water partition coefficient (Wildman–Crippen LogP) is 0.597. The Kier molecular flexibility index (Phi) is 5.67. The van der Waals surface area contributed by atoms with Gasteiger partial charge in [0.15, 0.2) is 0 Å². The number of halogens is 2. The highest BCUT2D eigenvalue weighted by molar-refractivity contribution is 5.81.